The van der Waals surface area contributed by atoms with Crippen LogP contribution in [0.5, 0.6) is 0 Å². The zero-order chi connectivity index (χ0) is 10.6. The Morgan fingerprint density at radius 1 is 1.33 bits per heavy atom. The van der Waals surface area contributed by atoms with Crippen molar-refractivity contribution in [3.8, 4) is 0 Å². The lowest BCUT2D eigenvalue weighted by Gasteiger charge is -2.41. The molecular weight excluding hydrogens is 180 g/mol. The number of rotatable bonds is 1. The minimum Gasteiger partial charge on any atom is -0.0958 e. The Kier molecular flexibility index (Phi) is 1.95. The highest BCUT2D eigenvalue weighted by Crippen LogP contribution is 2.52. The molecule has 0 nitrogen and oxygen atoms in total. The fourth-order valence-electron chi connectivity index (χ4n) is 3.23. The van der Waals surface area contributed by atoms with E-state index in [1.54, 1.807) is 11.1 Å². The molecule has 15 heavy (non-hydrogen) atoms. The first-order chi connectivity index (χ1) is 7.15. The standard InChI is InChI=1S/C15H20/c1-9(2)11-5-12-6-13(12)7-14-4-10(3)15(14)8-11/h7-8,10,12,14-15H,1,4-6H2,2-3H3. The van der Waals surface area contributed by atoms with E-state index in [2.05, 4.69) is 32.6 Å². The summed E-state index contributed by atoms with van der Waals surface area (Å²) in [4.78, 5) is 0. The molecule has 3 rings (SSSR count). The van der Waals surface area contributed by atoms with Crippen molar-refractivity contribution in [2.45, 2.75) is 33.1 Å². The summed E-state index contributed by atoms with van der Waals surface area (Å²) < 4.78 is 0. The Hall–Kier alpha value is -0.780. The Labute approximate surface area is 92.8 Å². The second-order valence-corrected chi connectivity index (χ2v) is 5.77. The van der Waals surface area contributed by atoms with Gasteiger partial charge in [-0.1, -0.05) is 36.8 Å². The van der Waals surface area contributed by atoms with Crippen LogP contribution in [0.2, 0.25) is 0 Å². The number of fused-ring (bicyclic) bond motifs is 2. The second kappa shape index (κ2) is 3.10. The lowest BCUT2D eigenvalue weighted by molar-refractivity contribution is 0.172. The van der Waals surface area contributed by atoms with Crippen LogP contribution in [0.25, 0.3) is 0 Å². The van der Waals surface area contributed by atoms with Gasteiger partial charge in [0.15, 0.2) is 0 Å². The van der Waals surface area contributed by atoms with E-state index in [9.17, 15) is 0 Å². The van der Waals surface area contributed by atoms with Gasteiger partial charge in [-0.15, -0.1) is 0 Å². The van der Waals surface area contributed by atoms with Gasteiger partial charge in [-0.05, 0) is 55.4 Å². The number of hydrogen-bond donors (Lipinski definition) is 0. The fourth-order valence-corrected chi connectivity index (χ4v) is 3.23. The summed E-state index contributed by atoms with van der Waals surface area (Å²) in [7, 11) is 0. The van der Waals surface area contributed by atoms with Crippen molar-refractivity contribution in [1.29, 1.82) is 0 Å². The molecule has 0 N–H and O–H groups in total. The molecule has 4 unspecified atom stereocenters. The summed E-state index contributed by atoms with van der Waals surface area (Å²) in [5.74, 6) is 3.43. The summed E-state index contributed by atoms with van der Waals surface area (Å²) in [5, 5.41) is 0. The van der Waals surface area contributed by atoms with Crippen molar-refractivity contribution in [2.24, 2.45) is 23.7 Å². The smallest absolute Gasteiger partial charge is 0.0125 e. The van der Waals surface area contributed by atoms with Crippen LogP contribution in [0.3, 0.4) is 0 Å². The largest absolute Gasteiger partial charge is 0.0958 e. The molecule has 80 valence electrons. The number of hydrogen-bond acceptors (Lipinski definition) is 0. The van der Waals surface area contributed by atoms with Crippen LogP contribution < -0.4 is 0 Å². The zero-order valence-corrected chi connectivity index (χ0v) is 9.79. The van der Waals surface area contributed by atoms with Gasteiger partial charge in [-0.25, -0.2) is 0 Å². The van der Waals surface area contributed by atoms with Crippen molar-refractivity contribution in [2.75, 3.05) is 0 Å². The maximum absolute atomic E-state index is 4.12. The van der Waals surface area contributed by atoms with Gasteiger partial charge in [0.05, 0.1) is 0 Å². The summed E-state index contributed by atoms with van der Waals surface area (Å²) in [6, 6.07) is 0. The molecule has 0 heteroatoms. The maximum atomic E-state index is 4.12. The second-order valence-electron chi connectivity index (χ2n) is 5.77. The normalized spacial score (nSPS) is 42.3. The highest BCUT2D eigenvalue weighted by Gasteiger charge is 2.40. The van der Waals surface area contributed by atoms with Crippen LogP contribution in [0.1, 0.15) is 33.1 Å². The molecule has 2 saturated carbocycles. The Morgan fingerprint density at radius 3 is 2.80 bits per heavy atom. The Balaban J connectivity index is 1.91. The molecule has 0 aromatic rings. The van der Waals surface area contributed by atoms with E-state index in [0.29, 0.717) is 0 Å². The molecule has 0 heterocycles. The van der Waals surface area contributed by atoms with Gasteiger partial charge in [0.25, 0.3) is 0 Å². The van der Waals surface area contributed by atoms with Crippen molar-refractivity contribution in [3.05, 3.63) is 35.5 Å². The van der Waals surface area contributed by atoms with E-state index in [1.807, 2.05) is 0 Å². The monoisotopic (exact) mass is 200 g/mol. The average Bonchev–Trinajstić information content (AvgIpc) is 2.86. The van der Waals surface area contributed by atoms with Crippen LogP contribution in [0, 0.1) is 23.7 Å². The molecule has 0 spiro atoms. The molecule has 0 radical (unpaired) electrons. The van der Waals surface area contributed by atoms with Crippen LogP contribution >= 0.6 is 0 Å². The van der Waals surface area contributed by atoms with Crippen molar-refractivity contribution < 1.29 is 0 Å². The van der Waals surface area contributed by atoms with Crippen molar-refractivity contribution in [1.82, 2.24) is 0 Å². The van der Waals surface area contributed by atoms with Crippen LogP contribution in [0.15, 0.2) is 35.5 Å². The first kappa shape index (κ1) is 9.45. The topological polar surface area (TPSA) is 0 Å². The third-order valence-electron chi connectivity index (χ3n) is 4.48. The summed E-state index contributed by atoms with van der Waals surface area (Å²) in [6.45, 7) is 8.68. The third kappa shape index (κ3) is 1.51. The Bertz CT molecular complexity index is 369. The molecule has 0 aliphatic heterocycles. The van der Waals surface area contributed by atoms with Crippen LogP contribution in [-0.4, -0.2) is 0 Å². The van der Waals surface area contributed by atoms with Gasteiger partial charge in [0, 0.05) is 0 Å². The van der Waals surface area contributed by atoms with E-state index in [-0.39, 0.29) is 0 Å². The first-order valence-electron chi connectivity index (χ1n) is 6.22. The molecule has 3 aliphatic rings. The molecule has 0 bridgehead atoms. The third-order valence-corrected chi connectivity index (χ3v) is 4.48. The molecule has 0 amide bonds. The van der Waals surface area contributed by atoms with E-state index in [4.69, 9.17) is 0 Å². The average molecular weight is 200 g/mol. The van der Waals surface area contributed by atoms with Crippen molar-refractivity contribution >= 4 is 0 Å². The van der Waals surface area contributed by atoms with E-state index < -0.39 is 0 Å². The highest BCUT2D eigenvalue weighted by atomic mass is 14.5. The minimum atomic E-state index is 0.811. The quantitative estimate of drug-likeness (QED) is 0.559. The van der Waals surface area contributed by atoms with Gasteiger partial charge in [-0.2, -0.15) is 0 Å². The highest BCUT2D eigenvalue weighted by molar-refractivity contribution is 5.37. The summed E-state index contributed by atoms with van der Waals surface area (Å²) >= 11 is 0. The Morgan fingerprint density at radius 2 is 2.13 bits per heavy atom. The molecule has 0 saturated heterocycles. The molecule has 0 aromatic heterocycles. The molecule has 4 atom stereocenters. The lowest BCUT2D eigenvalue weighted by atomic mass is 9.64. The molecule has 0 aromatic carbocycles. The first-order valence-corrected chi connectivity index (χ1v) is 6.22. The predicted octanol–water partition coefficient (Wildman–Crippen LogP) is 4.11. The summed E-state index contributed by atoms with van der Waals surface area (Å²) in [6.07, 6.45) is 9.15. The van der Waals surface area contributed by atoms with Crippen LogP contribution in [-0.2, 0) is 0 Å². The van der Waals surface area contributed by atoms with Crippen molar-refractivity contribution in [3.63, 3.8) is 0 Å². The van der Waals surface area contributed by atoms with Crippen LogP contribution in [0.4, 0.5) is 0 Å². The van der Waals surface area contributed by atoms with Gasteiger partial charge < -0.3 is 0 Å². The fraction of sp³-hybridized carbons (Fsp3) is 0.600. The molecule has 3 aliphatic carbocycles. The van der Waals surface area contributed by atoms with E-state index in [1.165, 1.54) is 24.8 Å². The zero-order valence-electron chi connectivity index (χ0n) is 9.79. The minimum absolute atomic E-state index is 0.811. The summed E-state index contributed by atoms with van der Waals surface area (Å²) in [5.41, 5.74) is 4.58. The van der Waals surface area contributed by atoms with Gasteiger partial charge in [0.1, 0.15) is 0 Å². The maximum Gasteiger partial charge on any atom is -0.0125 e. The molecule has 2 fully saturated rings. The SMILES string of the molecule is C=C(C)C1=CC2C(C)CC2C=C2CC2C1. The van der Waals surface area contributed by atoms with Gasteiger partial charge in [-0.3, -0.25) is 0 Å². The van der Waals surface area contributed by atoms with E-state index in [0.717, 1.165) is 23.7 Å². The molecular formula is C15H20. The van der Waals surface area contributed by atoms with Gasteiger partial charge in [0.2, 0.25) is 0 Å². The lowest BCUT2D eigenvalue weighted by Crippen LogP contribution is -2.32. The van der Waals surface area contributed by atoms with Gasteiger partial charge >= 0.3 is 0 Å². The number of allylic oxidation sites excluding steroid dienone is 5. The van der Waals surface area contributed by atoms with E-state index >= 15 is 0 Å². The predicted molar refractivity (Wildman–Crippen MR) is 64.5 cm³/mol.